The molecule has 0 heterocycles. The zero-order valence-corrected chi connectivity index (χ0v) is 12.6. The Morgan fingerprint density at radius 2 is 1.65 bits per heavy atom. The molecular weight excluding hydrogens is 252 g/mol. The SMILES string of the molecule is CCCCCCCCCc1cc(C)c(O)c(C(=O)O)c1. The number of unbranched alkanes of at least 4 members (excludes halogenated alkanes) is 6. The molecule has 0 fully saturated rings. The highest BCUT2D eigenvalue weighted by Gasteiger charge is 2.13. The molecule has 0 aliphatic rings. The van der Waals surface area contributed by atoms with E-state index in [-0.39, 0.29) is 11.3 Å². The van der Waals surface area contributed by atoms with E-state index >= 15 is 0 Å². The summed E-state index contributed by atoms with van der Waals surface area (Å²) in [7, 11) is 0. The lowest BCUT2D eigenvalue weighted by atomic mass is 9.99. The molecule has 0 radical (unpaired) electrons. The summed E-state index contributed by atoms with van der Waals surface area (Å²) in [6.45, 7) is 3.96. The fourth-order valence-corrected chi connectivity index (χ4v) is 2.45. The van der Waals surface area contributed by atoms with Crippen LogP contribution in [-0.4, -0.2) is 16.2 Å². The van der Waals surface area contributed by atoms with Crippen molar-refractivity contribution >= 4 is 5.97 Å². The van der Waals surface area contributed by atoms with Gasteiger partial charge in [0.2, 0.25) is 0 Å². The number of carboxylic acids is 1. The molecule has 112 valence electrons. The monoisotopic (exact) mass is 278 g/mol. The quantitative estimate of drug-likeness (QED) is 0.644. The van der Waals surface area contributed by atoms with Gasteiger partial charge in [-0.05, 0) is 37.0 Å². The minimum Gasteiger partial charge on any atom is -0.507 e. The van der Waals surface area contributed by atoms with Crippen molar-refractivity contribution in [3.63, 3.8) is 0 Å². The minimum atomic E-state index is -1.06. The lowest BCUT2D eigenvalue weighted by Crippen LogP contribution is -2.00. The molecule has 20 heavy (non-hydrogen) atoms. The summed E-state index contributed by atoms with van der Waals surface area (Å²) in [6.07, 6.45) is 9.60. The van der Waals surface area contributed by atoms with Crippen molar-refractivity contribution in [3.05, 3.63) is 28.8 Å². The zero-order valence-electron chi connectivity index (χ0n) is 12.6. The molecule has 0 aromatic heterocycles. The van der Waals surface area contributed by atoms with Gasteiger partial charge in [-0.15, -0.1) is 0 Å². The van der Waals surface area contributed by atoms with Gasteiger partial charge in [0, 0.05) is 0 Å². The van der Waals surface area contributed by atoms with Crippen LogP contribution in [0.5, 0.6) is 5.75 Å². The maximum Gasteiger partial charge on any atom is 0.339 e. The highest BCUT2D eigenvalue weighted by molar-refractivity contribution is 5.91. The lowest BCUT2D eigenvalue weighted by Gasteiger charge is -2.08. The number of aromatic hydroxyl groups is 1. The molecule has 1 aromatic rings. The predicted molar refractivity (Wildman–Crippen MR) is 81.5 cm³/mol. The number of benzene rings is 1. The van der Waals surface area contributed by atoms with E-state index in [0.29, 0.717) is 5.56 Å². The molecule has 0 spiro atoms. The van der Waals surface area contributed by atoms with Crippen molar-refractivity contribution in [3.8, 4) is 5.75 Å². The van der Waals surface area contributed by atoms with Crippen LogP contribution in [0.15, 0.2) is 12.1 Å². The fourth-order valence-electron chi connectivity index (χ4n) is 2.45. The van der Waals surface area contributed by atoms with E-state index in [9.17, 15) is 9.90 Å². The largest absolute Gasteiger partial charge is 0.507 e. The average Bonchev–Trinajstić information content (AvgIpc) is 2.41. The number of aromatic carboxylic acids is 1. The molecular formula is C17H26O3. The van der Waals surface area contributed by atoms with Crippen molar-refractivity contribution in [2.24, 2.45) is 0 Å². The molecule has 1 aromatic carbocycles. The van der Waals surface area contributed by atoms with Crippen LogP contribution in [0, 0.1) is 6.92 Å². The van der Waals surface area contributed by atoms with Gasteiger partial charge in [-0.25, -0.2) is 4.79 Å². The Kier molecular flexibility index (Phi) is 7.13. The Hall–Kier alpha value is -1.51. The third kappa shape index (κ3) is 5.24. The minimum absolute atomic E-state index is 0.0166. The van der Waals surface area contributed by atoms with Gasteiger partial charge >= 0.3 is 5.97 Å². The van der Waals surface area contributed by atoms with E-state index in [2.05, 4.69) is 6.92 Å². The first kappa shape index (κ1) is 16.5. The summed E-state index contributed by atoms with van der Waals surface area (Å²) >= 11 is 0. The van der Waals surface area contributed by atoms with E-state index in [1.165, 1.54) is 38.5 Å². The fraction of sp³-hybridized carbons (Fsp3) is 0.588. The second-order valence-electron chi connectivity index (χ2n) is 5.49. The van der Waals surface area contributed by atoms with Crippen LogP contribution in [-0.2, 0) is 6.42 Å². The van der Waals surface area contributed by atoms with Crippen LogP contribution in [0.4, 0.5) is 0 Å². The first-order chi connectivity index (χ1) is 9.56. The van der Waals surface area contributed by atoms with E-state index in [4.69, 9.17) is 5.11 Å². The molecule has 0 saturated carbocycles. The standard InChI is InChI=1S/C17H26O3/c1-3-4-5-6-7-8-9-10-14-11-13(2)16(18)15(12-14)17(19)20/h11-12,18H,3-10H2,1-2H3,(H,19,20). The van der Waals surface area contributed by atoms with E-state index in [0.717, 1.165) is 18.4 Å². The van der Waals surface area contributed by atoms with Crippen LogP contribution < -0.4 is 0 Å². The lowest BCUT2D eigenvalue weighted by molar-refractivity contribution is 0.0693. The van der Waals surface area contributed by atoms with Crippen LogP contribution >= 0.6 is 0 Å². The molecule has 0 atom stereocenters. The van der Waals surface area contributed by atoms with Crippen molar-refractivity contribution in [2.45, 2.75) is 65.2 Å². The van der Waals surface area contributed by atoms with Gasteiger partial charge in [0.25, 0.3) is 0 Å². The topological polar surface area (TPSA) is 57.5 Å². The highest BCUT2D eigenvalue weighted by Crippen LogP contribution is 2.25. The summed E-state index contributed by atoms with van der Waals surface area (Å²) in [5.41, 5.74) is 1.66. The molecule has 3 heteroatoms. The molecule has 2 N–H and O–H groups in total. The van der Waals surface area contributed by atoms with Gasteiger partial charge in [0.15, 0.2) is 0 Å². The van der Waals surface area contributed by atoms with Gasteiger partial charge in [-0.1, -0.05) is 51.5 Å². The first-order valence-corrected chi connectivity index (χ1v) is 7.62. The van der Waals surface area contributed by atoms with E-state index in [1.54, 1.807) is 13.0 Å². The van der Waals surface area contributed by atoms with Crippen molar-refractivity contribution < 1.29 is 15.0 Å². The number of rotatable bonds is 9. The number of carboxylic acid groups (broad SMARTS) is 1. The molecule has 0 aliphatic heterocycles. The molecule has 0 saturated heterocycles. The van der Waals surface area contributed by atoms with Crippen LogP contribution in [0.3, 0.4) is 0 Å². The molecule has 3 nitrogen and oxygen atoms in total. The highest BCUT2D eigenvalue weighted by atomic mass is 16.4. The third-order valence-electron chi connectivity index (χ3n) is 3.66. The Morgan fingerprint density at radius 3 is 2.25 bits per heavy atom. The normalized spacial score (nSPS) is 10.7. The Labute approximate surface area is 121 Å². The maximum atomic E-state index is 11.0. The van der Waals surface area contributed by atoms with Gasteiger partial charge in [-0.2, -0.15) is 0 Å². The summed E-state index contributed by atoms with van der Waals surface area (Å²) in [4.78, 5) is 11.0. The smallest absolute Gasteiger partial charge is 0.339 e. The summed E-state index contributed by atoms with van der Waals surface area (Å²) in [5, 5.41) is 18.8. The first-order valence-electron chi connectivity index (χ1n) is 7.62. The van der Waals surface area contributed by atoms with Gasteiger partial charge in [0.1, 0.15) is 11.3 Å². The van der Waals surface area contributed by atoms with Crippen LogP contribution in [0.2, 0.25) is 0 Å². The van der Waals surface area contributed by atoms with Gasteiger partial charge in [-0.3, -0.25) is 0 Å². The Bertz CT molecular complexity index is 438. The van der Waals surface area contributed by atoms with Crippen molar-refractivity contribution in [1.82, 2.24) is 0 Å². The number of hydrogen-bond acceptors (Lipinski definition) is 2. The van der Waals surface area contributed by atoms with Crippen LogP contribution in [0.25, 0.3) is 0 Å². The molecule has 0 unspecified atom stereocenters. The number of carbonyl (C=O) groups is 1. The van der Waals surface area contributed by atoms with Gasteiger partial charge in [0.05, 0.1) is 0 Å². The summed E-state index contributed by atoms with van der Waals surface area (Å²) in [6, 6.07) is 3.49. The van der Waals surface area contributed by atoms with E-state index in [1.807, 2.05) is 6.07 Å². The zero-order chi connectivity index (χ0) is 15.0. The van der Waals surface area contributed by atoms with E-state index < -0.39 is 5.97 Å². The third-order valence-corrected chi connectivity index (χ3v) is 3.66. The Balaban J connectivity index is 2.43. The van der Waals surface area contributed by atoms with Crippen LogP contribution in [0.1, 0.15) is 73.4 Å². The maximum absolute atomic E-state index is 11.0. The number of phenols is 1. The second-order valence-corrected chi connectivity index (χ2v) is 5.49. The molecule has 0 bridgehead atoms. The number of hydrogen-bond donors (Lipinski definition) is 2. The summed E-state index contributed by atoms with van der Waals surface area (Å²) < 4.78 is 0. The van der Waals surface area contributed by atoms with Crippen molar-refractivity contribution in [1.29, 1.82) is 0 Å². The molecule has 0 amide bonds. The summed E-state index contributed by atoms with van der Waals surface area (Å²) in [5.74, 6) is -1.17. The predicted octanol–water partition coefficient (Wildman–Crippen LogP) is 4.69. The van der Waals surface area contributed by atoms with Gasteiger partial charge < -0.3 is 10.2 Å². The molecule has 0 aliphatic carbocycles. The number of aryl methyl sites for hydroxylation is 2. The second kappa shape index (κ2) is 8.62. The molecule has 1 rings (SSSR count). The average molecular weight is 278 g/mol. The Morgan fingerprint density at radius 1 is 1.05 bits per heavy atom. The van der Waals surface area contributed by atoms with Crippen molar-refractivity contribution in [2.75, 3.05) is 0 Å².